The van der Waals surface area contributed by atoms with Crippen LogP contribution in [0.25, 0.3) is 49.7 Å². The molecule has 284 valence electrons. The third-order valence-corrected chi connectivity index (χ3v) is 13.5. The lowest BCUT2D eigenvalue weighted by Crippen LogP contribution is -2.28. The van der Waals surface area contributed by atoms with Gasteiger partial charge in [0.05, 0.1) is 16.4 Å². The van der Waals surface area contributed by atoms with Crippen LogP contribution in [0.4, 0.5) is 17.1 Å². The molecule has 2 aliphatic rings. The van der Waals surface area contributed by atoms with Crippen molar-refractivity contribution in [3.05, 3.63) is 252 Å². The van der Waals surface area contributed by atoms with Crippen LogP contribution in [0.5, 0.6) is 0 Å². The fourth-order valence-electron chi connectivity index (χ4n) is 10.8. The van der Waals surface area contributed by atoms with Crippen molar-refractivity contribution in [2.24, 2.45) is 0 Å². The van der Waals surface area contributed by atoms with Gasteiger partial charge in [0.2, 0.25) is 0 Å². The van der Waals surface area contributed by atoms with Crippen molar-refractivity contribution in [1.29, 1.82) is 0 Å². The smallest absolute Gasteiger partial charge is 0.0713 e. The zero-order chi connectivity index (χ0) is 40.0. The first-order valence-corrected chi connectivity index (χ1v) is 21.0. The van der Waals surface area contributed by atoms with E-state index >= 15 is 0 Å². The zero-order valence-electron chi connectivity index (χ0n) is 33.7. The second-order valence-electron chi connectivity index (χ2n) is 16.9. The topological polar surface area (TPSA) is 8.17 Å². The Labute approximate surface area is 351 Å². The van der Waals surface area contributed by atoms with Gasteiger partial charge in [0, 0.05) is 38.9 Å². The lowest BCUT2D eigenvalue weighted by atomic mass is 9.68. The molecule has 60 heavy (non-hydrogen) atoms. The van der Waals surface area contributed by atoms with E-state index in [9.17, 15) is 0 Å². The van der Waals surface area contributed by atoms with Crippen LogP contribution in [-0.2, 0) is 10.8 Å². The average Bonchev–Trinajstić information content (AvgIpc) is 3.89. The molecule has 0 amide bonds. The van der Waals surface area contributed by atoms with Crippen LogP contribution in [0.3, 0.4) is 0 Å². The minimum Gasteiger partial charge on any atom is -0.310 e. The molecule has 9 aromatic carbocycles. The third kappa shape index (κ3) is 4.82. The molecule has 1 aromatic heterocycles. The van der Waals surface area contributed by atoms with Crippen molar-refractivity contribution in [3.63, 3.8) is 0 Å². The van der Waals surface area contributed by atoms with Gasteiger partial charge in [0.1, 0.15) is 0 Å². The summed E-state index contributed by atoms with van der Waals surface area (Å²) >= 11 is 0. The highest BCUT2D eigenvalue weighted by Gasteiger charge is 2.46. The standard InChI is InChI=1S/C58H42N2/c1-57(2)51-25-13-9-21-45(51)47-35-33-44(38-54(47)57)59(41-29-31-42(32-30-41)60-55-27-15-11-23-48(55)49-24-12-16-28-56(49)60)43-34-36-53-50(37-43)46-22-10-14-26-52(46)58(53,39-17-5-3-6-18-39)40-19-7-4-8-20-40/h3-38H,1-2H3. The van der Waals surface area contributed by atoms with Crippen molar-refractivity contribution < 1.29 is 0 Å². The van der Waals surface area contributed by atoms with E-state index in [0.717, 1.165) is 22.7 Å². The Morgan fingerprint density at radius 2 is 0.817 bits per heavy atom. The van der Waals surface area contributed by atoms with Crippen molar-refractivity contribution in [2.75, 3.05) is 4.90 Å². The van der Waals surface area contributed by atoms with E-state index in [1.54, 1.807) is 0 Å². The Morgan fingerprint density at radius 3 is 1.47 bits per heavy atom. The Morgan fingerprint density at radius 1 is 0.350 bits per heavy atom. The van der Waals surface area contributed by atoms with Gasteiger partial charge < -0.3 is 9.47 Å². The molecule has 1 heterocycles. The summed E-state index contributed by atoms with van der Waals surface area (Å²) < 4.78 is 2.40. The molecule has 0 fully saturated rings. The predicted octanol–water partition coefficient (Wildman–Crippen LogP) is 14.9. The molecule has 2 heteroatoms. The summed E-state index contributed by atoms with van der Waals surface area (Å²) in [4.78, 5) is 2.46. The molecule has 2 nitrogen and oxygen atoms in total. The van der Waals surface area contributed by atoms with E-state index in [0.29, 0.717) is 0 Å². The normalized spacial score (nSPS) is 14.1. The number of benzene rings is 9. The number of anilines is 3. The molecule has 0 saturated carbocycles. The van der Waals surface area contributed by atoms with Crippen LogP contribution in [0.15, 0.2) is 218 Å². The van der Waals surface area contributed by atoms with Gasteiger partial charge in [-0.25, -0.2) is 0 Å². The predicted molar refractivity (Wildman–Crippen MR) is 250 cm³/mol. The average molecular weight is 767 g/mol. The highest BCUT2D eigenvalue weighted by atomic mass is 15.1. The molecule has 0 saturated heterocycles. The minimum absolute atomic E-state index is 0.129. The molecular formula is C58H42N2. The van der Waals surface area contributed by atoms with E-state index in [-0.39, 0.29) is 5.41 Å². The monoisotopic (exact) mass is 766 g/mol. The maximum atomic E-state index is 2.46. The first kappa shape index (κ1) is 34.6. The van der Waals surface area contributed by atoms with Crippen LogP contribution < -0.4 is 4.90 Å². The van der Waals surface area contributed by atoms with Gasteiger partial charge in [-0.2, -0.15) is 0 Å². The van der Waals surface area contributed by atoms with Gasteiger partial charge in [-0.05, 0) is 116 Å². The number of aromatic nitrogens is 1. The van der Waals surface area contributed by atoms with Crippen molar-refractivity contribution in [1.82, 2.24) is 4.57 Å². The van der Waals surface area contributed by atoms with E-state index in [2.05, 4.69) is 242 Å². The molecule has 0 unspecified atom stereocenters. The number of fused-ring (bicyclic) bond motifs is 9. The summed E-state index contributed by atoms with van der Waals surface area (Å²) in [6.07, 6.45) is 0. The van der Waals surface area contributed by atoms with E-state index in [4.69, 9.17) is 0 Å². The summed E-state index contributed by atoms with van der Waals surface area (Å²) in [5.41, 5.74) is 19.4. The van der Waals surface area contributed by atoms with Gasteiger partial charge in [-0.3, -0.25) is 0 Å². The van der Waals surface area contributed by atoms with Crippen molar-refractivity contribution in [3.8, 4) is 27.9 Å². The van der Waals surface area contributed by atoms with Gasteiger partial charge in [-0.15, -0.1) is 0 Å². The van der Waals surface area contributed by atoms with Gasteiger partial charge >= 0.3 is 0 Å². The molecule has 0 aliphatic heterocycles. The van der Waals surface area contributed by atoms with E-state index < -0.39 is 5.41 Å². The molecular weight excluding hydrogens is 725 g/mol. The maximum absolute atomic E-state index is 2.46. The summed E-state index contributed by atoms with van der Waals surface area (Å²) in [7, 11) is 0. The number of hydrogen-bond donors (Lipinski definition) is 0. The quantitative estimate of drug-likeness (QED) is 0.164. The van der Waals surface area contributed by atoms with Gasteiger partial charge in [0.15, 0.2) is 0 Å². The summed E-state index contributed by atoms with van der Waals surface area (Å²) in [6, 6.07) is 81.0. The van der Waals surface area contributed by atoms with Crippen molar-refractivity contribution in [2.45, 2.75) is 24.7 Å². The van der Waals surface area contributed by atoms with E-state index in [1.165, 1.54) is 77.4 Å². The Bertz CT molecular complexity index is 3190. The molecule has 2 aliphatic carbocycles. The third-order valence-electron chi connectivity index (χ3n) is 13.5. The fraction of sp³-hybridized carbons (Fsp3) is 0.0690. The molecule has 0 atom stereocenters. The largest absolute Gasteiger partial charge is 0.310 e. The molecule has 0 N–H and O–H groups in total. The SMILES string of the molecule is CC1(C)c2ccccc2-c2ccc(N(c3ccc(-n4c5ccccc5c5ccccc54)cc3)c3ccc4c(c3)-c3ccccc3C4(c3ccccc3)c3ccccc3)cc21. The second kappa shape index (κ2) is 13.0. The molecule has 12 rings (SSSR count). The lowest BCUT2D eigenvalue weighted by Gasteiger charge is -2.34. The first-order valence-electron chi connectivity index (χ1n) is 21.0. The van der Waals surface area contributed by atoms with Crippen LogP contribution in [0, 0.1) is 0 Å². The highest BCUT2D eigenvalue weighted by Crippen LogP contribution is 2.57. The summed E-state index contributed by atoms with van der Waals surface area (Å²) in [6.45, 7) is 4.73. The summed E-state index contributed by atoms with van der Waals surface area (Å²) in [5, 5.41) is 2.53. The van der Waals surface area contributed by atoms with E-state index in [1.807, 2.05) is 0 Å². The summed E-state index contributed by atoms with van der Waals surface area (Å²) in [5.74, 6) is 0. The Hall–Kier alpha value is -7.42. The fourth-order valence-corrected chi connectivity index (χ4v) is 10.8. The Kier molecular flexibility index (Phi) is 7.52. The highest BCUT2D eigenvalue weighted by molar-refractivity contribution is 6.09. The van der Waals surface area contributed by atoms with Crippen molar-refractivity contribution >= 4 is 38.9 Å². The number of rotatable bonds is 6. The van der Waals surface area contributed by atoms with Gasteiger partial charge in [-0.1, -0.05) is 172 Å². The number of nitrogens with zero attached hydrogens (tertiary/aromatic N) is 2. The molecule has 0 radical (unpaired) electrons. The molecule has 10 aromatic rings. The van der Waals surface area contributed by atoms with Crippen LogP contribution >= 0.6 is 0 Å². The van der Waals surface area contributed by atoms with Gasteiger partial charge in [0.25, 0.3) is 0 Å². The van der Waals surface area contributed by atoms with Crippen LogP contribution in [-0.4, -0.2) is 4.57 Å². The molecule has 0 spiro atoms. The van der Waals surface area contributed by atoms with Crippen LogP contribution in [0.2, 0.25) is 0 Å². The lowest BCUT2D eigenvalue weighted by molar-refractivity contribution is 0.660. The first-order chi connectivity index (χ1) is 29.5. The number of para-hydroxylation sites is 2. The Balaban J connectivity index is 1.07. The minimum atomic E-state index is -0.453. The second-order valence-corrected chi connectivity index (χ2v) is 16.9. The zero-order valence-corrected chi connectivity index (χ0v) is 33.7. The molecule has 0 bridgehead atoms. The van der Waals surface area contributed by atoms with Crippen LogP contribution in [0.1, 0.15) is 47.2 Å². The maximum Gasteiger partial charge on any atom is 0.0713 e. The number of hydrogen-bond acceptors (Lipinski definition) is 1.